The zero-order valence-corrected chi connectivity index (χ0v) is 44.4. The van der Waals surface area contributed by atoms with Crippen molar-refractivity contribution in [2.45, 2.75) is 6.42 Å². The van der Waals surface area contributed by atoms with E-state index in [0.29, 0.717) is 11.3 Å². The van der Waals surface area contributed by atoms with Gasteiger partial charge in [0.25, 0.3) is 0 Å². The third-order valence-corrected chi connectivity index (χ3v) is 16.8. The van der Waals surface area contributed by atoms with Crippen LogP contribution in [0.5, 0.6) is 0 Å². The predicted molar refractivity (Wildman–Crippen MR) is 338 cm³/mol. The molecule has 2 heterocycles. The highest BCUT2D eigenvalue weighted by Crippen LogP contribution is 2.47. The summed E-state index contributed by atoms with van der Waals surface area (Å²) in [5.74, 6) is 0.0911. The molecule has 82 heavy (non-hydrogen) atoms. The van der Waals surface area contributed by atoms with E-state index in [1.165, 1.54) is 38.1 Å². The molecule has 10 aromatic carbocycles. The van der Waals surface area contributed by atoms with Crippen molar-refractivity contribution in [3.63, 3.8) is 0 Å². The third-order valence-electron chi connectivity index (χ3n) is 16.8. The van der Waals surface area contributed by atoms with Crippen LogP contribution in [-0.4, -0.2) is 9.13 Å². The number of allylic oxidation sites excluding steroid dienone is 11. The Bertz CT molecular complexity index is 5000. The Morgan fingerprint density at radius 1 is 0.476 bits per heavy atom. The molecular weight excluding hydrogens is 997 g/mol. The fourth-order valence-corrected chi connectivity index (χ4v) is 13.3. The lowest BCUT2D eigenvalue weighted by Gasteiger charge is -2.35. The van der Waals surface area contributed by atoms with Crippen LogP contribution in [0.15, 0.2) is 295 Å². The van der Waals surface area contributed by atoms with Crippen LogP contribution in [0.3, 0.4) is 0 Å². The largest absolute Gasteiger partial charge is 0.310 e. The van der Waals surface area contributed by atoms with Gasteiger partial charge in [0, 0.05) is 73.0 Å². The van der Waals surface area contributed by atoms with Gasteiger partial charge in [-0.25, -0.2) is 4.85 Å². The van der Waals surface area contributed by atoms with Crippen molar-refractivity contribution in [3.8, 4) is 28.6 Å². The minimum absolute atomic E-state index is 0.0911. The molecule has 2 aromatic heterocycles. The lowest BCUT2D eigenvalue weighted by molar-refractivity contribution is 0.862. The van der Waals surface area contributed by atoms with Gasteiger partial charge in [0.05, 0.1) is 40.3 Å². The Labute approximate surface area is 474 Å². The van der Waals surface area contributed by atoms with Crippen LogP contribution in [0.2, 0.25) is 0 Å². The molecule has 12 aromatic rings. The number of nitrogens with zero attached hydrogens (tertiary/aromatic N) is 6. The average Bonchev–Trinajstić information content (AvgIpc) is 4.13. The summed E-state index contributed by atoms with van der Waals surface area (Å²) in [6.45, 7) is 7.99. The number of fused-ring (bicyclic) bond motifs is 6. The summed E-state index contributed by atoms with van der Waals surface area (Å²) in [6.07, 6.45) is 20.4. The fourth-order valence-electron chi connectivity index (χ4n) is 13.3. The molecule has 4 aliphatic rings. The number of benzene rings is 10. The molecule has 0 saturated heterocycles. The molecule has 6 nitrogen and oxygen atoms in total. The van der Waals surface area contributed by atoms with E-state index in [1.807, 2.05) is 18.2 Å². The summed E-state index contributed by atoms with van der Waals surface area (Å²) in [5, 5.41) is 17.1. The van der Waals surface area contributed by atoms with E-state index in [9.17, 15) is 5.26 Å². The first-order chi connectivity index (χ1) is 40.5. The van der Waals surface area contributed by atoms with E-state index >= 15 is 0 Å². The number of hydrogen-bond acceptors (Lipinski definition) is 3. The van der Waals surface area contributed by atoms with E-state index in [1.54, 1.807) is 0 Å². The molecule has 1 atom stereocenters. The second kappa shape index (κ2) is 18.7. The molecule has 4 aliphatic carbocycles. The first-order valence-electron chi connectivity index (χ1n) is 27.8. The minimum Gasteiger partial charge on any atom is -0.310 e. The summed E-state index contributed by atoms with van der Waals surface area (Å²) in [4.78, 5) is 8.63. The second-order valence-electron chi connectivity index (χ2n) is 21.5. The van der Waals surface area contributed by atoms with Crippen molar-refractivity contribution in [1.29, 1.82) is 5.26 Å². The second-order valence-corrected chi connectivity index (χ2v) is 21.5. The number of para-hydroxylation sites is 4. The molecule has 0 fully saturated rings. The number of nitriles is 1. The topological polar surface area (TPSA) is 44.5 Å². The smallest absolute Gasteiger partial charge is 0.187 e. The zero-order chi connectivity index (χ0) is 54.4. The Morgan fingerprint density at radius 2 is 1.05 bits per heavy atom. The molecule has 0 radical (unpaired) electrons. The summed E-state index contributed by atoms with van der Waals surface area (Å²) >= 11 is 0. The summed E-state index contributed by atoms with van der Waals surface area (Å²) in [7, 11) is 0. The quantitative estimate of drug-likeness (QED) is 0.135. The first kappa shape index (κ1) is 46.9. The van der Waals surface area contributed by atoms with Gasteiger partial charge in [-0.1, -0.05) is 140 Å². The van der Waals surface area contributed by atoms with Crippen molar-refractivity contribution >= 4 is 88.9 Å². The highest BCUT2D eigenvalue weighted by atomic mass is 15.2. The first-order valence-corrected chi connectivity index (χ1v) is 27.8. The zero-order valence-electron chi connectivity index (χ0n) is 44.4. The molecule has 6 heteroatoms. The Balaban J connectivity index is 0.816. The van der Waals surface area contributed by atoms with E-state index in [0.717, 1.165) is 107 Å². The summed E-state index contributed by atoms with van der Waals surface area (Å²) in [5.41, 5.74) is 22.3. The molecule has 0 spiro atoms. The Kier molecular flexibility index (Phi) is 10.7. The van der Waals surface area contributed by atoms with Gasteiger partial charge >= 0.3 is 0 Å². The maximum Gasteiger partial charge on any atom is 0.187 e. The van der Waals surface area contributed by atoms with Crippen LogP contribution in [0.25, 0.3) is 87.8 Å². The van der Waals surface area contributed by atoms with Crippen LogP contribution in [0.4, 0.5) is 28.4 Å². The van der Waals surface area contributed by atoms with E-state index in [4.69, 9.17) is 6.57 Å². The average molecular weight is 1050 g/mol. The predicted octanol–water partition coefficient (Wildman–Crippen LogP) is 19.4. The molecule has 1 unspecified atom stereocenters. The fraction of sp³-hybridized carbons (Fsp3) is 0.0263. The highest BCUT2D eigenvalue weighted by Gasteiger charge is 2.31. The van der Waals surface area contributed by atoms with Crippen molar-refractivity contribution in [2.75, 3.05) is 9.80 Å². The maximum atomic E-state index is 10.2. The van der Waals surface area contributed by atoms with Gasteiger partial charge in [-0.05, 0) is 190 Å². The molecular formula is C76H48N6. The molecule has 0 amide bonds. The summed E-state index contributed by atoms with van der Waals surface area (Å²) in [6, 6.07) is 81.1. The van der Waals surface area contributed by atoms with E-state index < -0.39 is 0 Å². The van der Waals surface area contributed by atoms with Crippen LogP contribution >= 0.6 is 0 Å². The van der Waals surface area contributed by atoms with Crippen molar-refractivity contribution in [3.05, 3.63) is 323 Å². The van der Waals surface area contributed by atoms with Crippen LogP contribution in [0.1, 0.15) is 16.7 Å². The van der Waals surface area contributed by atoms with Gasteiger partial charge in [-0.3, -0.25) is 0 Å². The Hall–Kier alpha value is -11.2. The number of hydrogen-bond donors (Lipinski definition) is 0. The standard InChI is InChI=1S/C76H48N6/c1-78-58-40-53-15-13-17-55-43-66(45-57(41-58)76(53)55)80(64-35-37-74-70(47-64)68-23-9-11-25-72(68)82(74)60-20-6-3-7-21-60)62-32-28-51(29-33-62)50-26-30-61(31-27-50)79(65-42-54-16-12-14-52-38-49(48-77)39-56(44-65)75(52)54)63-34-36-73-69(46-63)67-22-8-10-24-71(67)81(73)59-18-4-2-5-19-59/h2-13,15-47,76H,14H2. The number of anilines is 5. The monoisotopic (exact) mass is 1040 g/mol. The lowest BCUT2D eigenvalue weighted by atomic mass is 9.75. The molecule has 0 saturated carbocycles. The van der Waals surface area contributed by atoms with Gasteiger partial charge in [-0.15, -0.1) is 0 Å². The molecule has 382 valence electrons. The molecule has 0 bridgehead atoms. The normalized spacial score (nSPS) is 14.9. The maximum absolute atomic E-state index is 10.2. The van der Waals surface area contributed by atoms with Gasteiger partial charge in [0.15, 0.2) is 5.70 Å². The van der Waals surface area contributed by atoms with Gasteiger partial charge in [0.1, 0.15) is 0 Å². The molecule has 0 aliphatic heterocycles. The van der Waals surface area contributed by atoms with Crippen LogP contribution < -0.4 is 9.80 Å². The Morgan fingerprint density at radius 3 is 1.67 bits per heavy atom. The van der Waals surface area contributed by atoms with Crippen molar-refractivity contribution in [2.24, 2.45) is 5.92 Å². The minimum atomic E-state index is 0.0911. The van der Waals surface area contributed by atoms with Gasteiger partial charge < -0.3 is 18.9 Å². The molecule has 16 rings (SSSR count). The van der Waals surface area contributed by atoms with E-state index in [2.05, 4.69) is 285 Å². The number of aromatic nitrogens is 2. The van der Waals surface area contributed by atoms with Crippen LogP contribution in [0, 0.1) is 23.8 Å². The molecule has 0 N–H and O–H groups in total. The van der Waals surface area contributed by atoms with Gasteiger partial charge in [0.2, 0.25) is 0 Å². The SMILES string of the molecule is [C-]#[N+]C1=CC2=CC=CC3=CC(N(c4ccc(-c5ccc(N(c6cc7c8c(cc(C#N)cc8c6)CC=C7)c6ccc7c(c6)c6ccccc6n7-c6ccccc6)cc5)cc4)c4ccc5c(c4)c4ccccc4n5-c4ccccc4)=CC(=C1)C23. The summed E-state index contributed by atoms with van der Waals surface area (Å²) < 4.78 is 4.71. The lowest BCUT2D eigenvalue weighted by Crippen LogP contribution is -2.23. The third kappa shape index (κ3) is 7.55. The number of rotatable bonds is 9. The van der Waals surface area contributed by atoms with E-state index in [-0.39, 0.29) is 5.92 Å². The van der Waals surface area contributed by atoms with Gasteiger partial charge in [-0.2, -0.15) is 5.26 Å². The highest BCUT2D eigenvalue weighted by molar-refractivity contribution is 6.12. The van der Waals surface area contributed by atoms with Crippen molar-refractivity contribution in [1.82, 2.24) is 9.13 Å². The van der Waals surface area contributed by atoms with Crippen LogP contribution in [-0.2, 0) is 6.42 Å². The van der Waals surface area contributed by atoms with Crippen molar-refractivity contribution < 1.29 is 0 Å².